The molecule has 4 aliphatic heterocycles. The average Bonchev–Trinajstić information content (AvgIpc) is 3.81. The zero-order chi connectivity index (χ0) is 42.5. The number of amides is 4. The maximum absolute atomic E-state index is 13.2. The van der Waals surface area contributed by atoms with Crippen molar-refractivity contribution in [2.45, 2.75) is 76.4 Å². The fraction of sp³-hybridized carbons (Fsp3) is 0.426. The number of piperazine rings is 1. The van der Waals surface area contributed by atoms with Crippen LogP contribution in [0.2, 0.25) is 0 Å². The van der Waals surface area contributed by atoms with E-state index in [-0.39, 0.29) is 30.0 Å². The number of hydrogen-bond acceptors (Lipinski definition) is 12. The molecule has 320 valence electrons. The van der Waals surface area contributed by atoms with Crippen molar-refractivity contribution in [1.82, 2.24) is 35.4 Å². The molecule has 0 radical (unpaired) electrons. The molecule has 62 heavy (non-hydrogen) atoms. The Balaban J connectivity index is 0.711. The zero-order valence-corrected chi connectivity index (χ0v) is 35.2. The van der Waals surface area contributed by atoms with E-state index < -0.39 is 6.04 Å². The van der Waals surface area contributed by atoms with Crippen molar-refractivity contribution in [3.8, 4) is 0 Å². The lowest BCUT2D eigenvalue weighted by Crippen LogP contribution is -2.68. The van der Waals surface area contributed by atoms with Gasteiger partial charge >= 0.3 is 0 Å². The van der Waals surface area contributed by atoms with Crippen molar-refractivity contribution in [2.24, 2.45) is 5.41 Å². The summed E-state index contributed by atoms with van der Waals surface area (Å²) in [4.78, 5) is 73.7. The number of pyridine rings is 1. The van der Waals surface area contributed by atoms with Gasteiger partial charge < -0.3 is 30.7 Å². The number of fused-ring (bicyclic) bond motifs is 2. The number of piperidine rings is 1. The largest absolute Gasteiger partial charge is 0.370 e. The topological polar surface area (TPSA) is 168 Å². The highest BCUT2D eigenvalue weighted by molar-refractivity contribution is 6.05. The minimum absolute atomic E-state index is 0.130. The highest BCUT2D eigenvalue weighted by atomic mass is 16.2. The van der Waals surface area contributed by atoms with Gasteiger partial charge in [-0.25, -0.2) is 9.97 Å². The Morgan fingerprint density at radius 3 is 2.45 bits per heavy atom. The van der Waals surface area contributed by atoms with Crippen molar-refractivity contribution in [3.05, 3.63) is 101 Å². The number of rotatable bonds is 12. The van der Waals surface area contributed by atoms with Crippen LogP contribution in [-0.4, -0.2) is 106 Å². The number of nitrogens with zero attached hydrogens (tertiary/aromatic N) is 7. The van der Waals surface area contributed by atoms with Crippen LogP contribution in [0.5, 0.6) is 0 Å². The van der Waals surface area contributed by atoms with E-state index in [4.69, 9.17) is 9.97 Å². The molecule has 15 heteroatoms. The molecule has 6 aliphatic rings. The highest BCUT2D eigenvalue weighted by Crippen LogP contribution is 2.52. The predicted molar refractivity (Wildman–Crippen MR) is 237 cm³/mol. The molecule has 10 rings (SSSR count). The molecule has 3 saturated heterocycles. The molecule has 2 atom stereocenters. The smallest absolute Gasteiger partial charge is 0.256 e. The quantitative estimate of drug-likeness (QED) is 0.108. The van der Waals surface area contributed by atoms with Crippen molar-refractivity contribution >= 4 is 58.3 Å². The Morgan fingerprint density at radius 2 is 1.69 bits per heavy atom. The Hall–Kier alpha value is -6.35. The van der Waals surface area contributed by atoms with E-state index in [0.717, 1.165) is 81.2 Å². The van der Waals surface area contributed by atoms with Crippen LogP contribution in [-0.2, 0) is 22.6 Å². The molecule has 1 spiro atoms. The molecule has 15 nitrogen and oxygen atoms in total. The van der Waals surface area contributed by atoms with Gasteiger partial charge in [0.1, 0.15) is 23.2 Å². The standard InChI is InChI=1S/C47H53N11O4/c1-3-17-48-43(60)37-25-49-46(54-42(37)52-39-15-7-30-6-5-29(4-2)41(30)51-39)50-32-8-10-33(11-9-32)55-18-20-56(21-19-55)35-23-47(24-35)27-57(28-47)34-12-13-36-31(22-34)26-58(45(36)62)38-14-16-40(59)53-44(38)61/h3,7-13,15,22,25,29,35,38H,1,4-6,14,16-21,23-24,26-28H2,2H3,(H,48,60)(H,53,59,61)(H2,49,50,51,52,54). The van der Waals surface area contributed by atoms with Gasteiger partial charge in [-0.3, -0.25) is 29.4 Å². The van der Waals surface area contributed by atoms with Crippen molar-refractivity contribution in [3.63, 3.8) is 0 Å². The van der Waals surface area contributed by atoms with E-state index >= 15 is 0 Å². The summed E-state index contributed by atoms with van der Waals surface area (Å²) in [6.07, 6.45) is 9.41. The number of imide groups is 1. The first-order valence-corrected chi connectivity index (χ1v) is 22.1. The second kappa shape index (κ2) is 16.2. The molecule has 2 aromatic heterocycles. The summed E-state index contributed by atoms with van der Waals surface area (Å²) in [5.74, 6) is 0.766. The van der Waals surface area contributed by atoms with Gasteiger partial charge in [-0.05, 0) is 98.2 Å². The summed E-state index contributed by atoms with van der Waals surface area (Å²) in [6.45, 7) is 12.7. The Bertz CT molecular complexity index is 2430. The fourth-order valence-electron chi connectivity index (χ4n) is 10.5. The van der Waals surface area contributed by atoms with Crippen molar-refractivity contribution in [2.75, 3.05) is 66.2 Å². The minimum Gasteiger partial charge on any atom is -0.370 e. The number of anilines is 6. The monoisotopic (exact) mass is 835 g/mol. The summed E-state index contributed by atoms with van der Waals surface area (Å²) in [5, 5.41) is 11.9. The molecular weight excluding hydrogens is 783 g/mol. The second-order valence-corrected chi connectivity index (χ2v) is 17.8. The lowest BCUT2D eigenvalue weighted by molar-refractivity contribution is -0.136. The molecule has 6 heterocycles. The Morgan fingerprint density at radius 1 is 0.903 bits per heavy atom. The lowest BCUT2D eigenvalue weighted by Gasteiger charge is -2.62. The molecule has 4 N–H and O–H groups in total. The van der Waals surface area contributed by atoms with Crippen LogP contribution in [0.4, 0.5) is 34.6 Å². The number of nitrogens with one attached hydrogen (secondary N) is 4. The average molecular weight is 836 g/mol. The van der Waals surface area contributed by atoms with E-state index in [0.29, 0.717) is 65.6 Å². The minimum atomic E-state index is -0.595. The predicted octanol–water partition coefficient (Wildman–Crippen LogP) is 5.27. The zero-order valence-electron chi connectivity index (χ0n) is 35.2. The fourth-order valence-corrected chi connectivity index (χ4v) is 10.5. The molecule has 0 bridgehead atoms. The molecule has 2 aromatic carbocycles. The molecule has 4 aromatic rings. The van der Waals surface area contributed by atoms with Gasteiger partial charge in [0.2, 0.25) is 17.8 Å². The van der Waals surface area contributed by atoms with Gasteiger partial charge in [0.25, 0.3) is 11.8 Å². The first-order chi connectivity index (χ1) is 30.2. The first kappa shape index (κ1) is 39.8. The Kier molecular flexibility index (Phi) is 10.4. The summed E-state index contributed by atoms with van der Waals surface area (Å²) in [7, 11) is 0. The molecule has 1 saturated carbocycles. The van der Waals surface area contributed by atoms with Crippen LogP contribution in [0.15, 0.2) is 73.4 Å². The maximum atomic E-state index is 13.2. The third-order valence-corrected chi connectivity index (χ3v) is 13.9. The Labute approximate surface area is 361 Å². The molecular formula is C47H53N11O4. The third-order valence-electron chi connectivity index (χ3n) is 13.9. The van der Waals surface area contributed by atoms with Gasteiger partial charge in [-0.1, -0.05) is 19.1 Å². The number of aryl methyl sites for hydroxylation is 1. The van der Waals surface area contributed by atoms with Gasteiger partial charge in [0.15, 0.2) is 0 Å². The molecule has 2 aliphatic carbocycles. The van der Waals surface area contributed by atoms with E-state index in [2.05, 4.69) is 78.7 Å². The van der Waals surface area contributed by atoms with Gasteiger partial charge in [0.05, 0.1) is 0 Å². The van der Waals surface area contributed by atoms with E-state index in [1.165, 1.54) is 30.3 Å². The number of hydrogen-bond donors (Lipinski definition) is 4. The van der Waals surface area contributed by atoms with Crippen molar-refractivity contribution in [1.29, 1.82) is 0 Å². The van der Waals surface area contributed by atoms with Crippen LogP contribution < -0.4 is 31.1 Å². The third kappa shape index (κ3) is 7.52. The van der Waals surface area contributed by atoms with Crippen LogP contribution in [0.1, 0.15) is 88.9 Å². The second-order valence-electron chi connectivity index (χ2n) is 17.8. The summed E-state index contributed by atoms with van der Waals surface area (Å²) < 4.78 is 0. The van der Waals surface area contributed by atoms with Crippen molar-refractivity contribution < 1.29 is 19.2 Å². The van der Waals surface area contributed by atoms with Crippen LogP contribution in [0.3, 0.4) is 0 Å². The van der Waals surface area contributed by atoms with E-state index in [1.54, 1.807) is 11.0 Å². The van der Waals surface area contributed by atoms with Crippen LogP contribution >= 0.6 is 0 Å². The van der Waals surface area contributed by atoms with E-state index in [9.17, 15) is 19.2 Å². The summed E-state index contributed by atoms with van der Waals surface area (Å²) >= 11 is 0. The molecule has 4 fully saturated rings. The van der Waals surface area contributed by atoms with E-state index in [1.807, 2.05) is 30.3 Å². The SMILES string of the molecule is C=CCNC(=O)c1cnc(Nc2ccc(N3CCN(C4CC5(C4)CN(c4ccc6c(c4)CN(C4CCC(=O)NC4=O)C6=O)C5)CC3)cc2)nc1Nc1ccc2c(n1)C(CC)CC2. The molecule has 4 amide bonds. The summed E-state index contributed by atoms with van der Waals surface area (Å²) in [6, 6.07) is 18.5. The van der Waals surface area contributed by atoms with Crippen LogP contribution in [0.25, 0.3) is 0 Å². The summed E-state index contributed by atoms with van der Waals surface area (Å²) in [5.41, 5.74) is 7.86. The highest BCUT2D eigenvalue weighted by Gasteiger charge is 2.54. The number of carbonyl (C=O) groups is 4. The first-order valence-electron chi connectivity index (χ1n) is 22.1. The van der Waals surface area contributed by atoms with Gasteiger partial charge in [-0.15, -0.1) is 6.58 Å². The normalized spacial score (nSPS) is 21.8. The van der Waals surface area contributed by atoms with Crippen LogP contribution in [0, 0.1) is 5.41 Å². The van der Waals surface area contributed by atoms with Gasteiger partial charge in [0, 0.05) is 111 Å². The number of carbonyl (C=O) groups excluding carboxylic acids is 4. The van der Waals surface area contributed by atoms with Gasteiger partial charge in [-0.2, -0.15) is 4.98 Å². The molecule has 2 unspecified atom stereocenters. The maximum Gasteiger partial charge on any atom is 0.256 e. The number of aromatic nitrogens is 3. The number of benzene rings is 2. The lowest BCUT2D eigenvalue weighted by atomic mass is 9.60.